The maximum atomic E-state index is 6.77. The van der Waals surface area contributed by atoms with Gasteiger partial charge in [0, 0.05) is 36.0 Å². The number of rotatable bonds is 5. The molecule has 0 bridgehead atoms. The van der Waals surface area contributed by atoms with Crippen LogP contribution in [0.25, 0.3) is 11.3 Å². The Morgan fingerprint density at radius 1 is 1.00 bits per heavy atom. The molecule has 2 N–H and O–H groups in total. The molecule has 0 amide bonds. The van der Waals surface area contributed by atoms with Gasteiger partial charge in [-0.25, -0.2) is 9.97 Å². The highest BCUT2D eigenvalue weighted by Crippen LogP contribution is 2.36. The molecule has 0 unspecified atom stereocenters. The van der Waals surface area contributed by atoms with Gasteiger partial charge in [-0.2, -0.15) is 0 Å². The van der Waals surface area contributed by atoms with E-state index >= 15 is 0 Å². The van der Waals surface area contributed by atoms with E-state index in [0.29, 0.717) is 0 Å². The van der Waals surface area contributed by atoms with Crippen molar-refractivity contribution in [2.75, 3.05) is 18.0 Å². The second-order valence-electron chi connectivity index (χ2n) is 10.4. The fourth-order valence-electron chi connectivity index (χ4n) is 4.46. The minimum absolute atomic E-state index is 0.0368. The molecule has 4 rings (SSSR count). The molecule has 1 fully saturated rings. The Morgan fingerprint density at radius 3 is 2.33 bits per heavy atom. The lowest BCUT2D eigenvalue weighted by Crippen LogP contribution is -2.48. The molecule has 0 radical (unpaired) electrons. The van der Waals surface area contributed by atoms with Gasteiger partial charge in [0.1, 0.15) is 5.75 Å². The van der Waals surface area contributed by atoms with E-state index in [-0.39, 0.29) is 17.1 Å². The molecule has 0 spiro atoms. The van der Waals surface area contributed by atoms with Gasteiger partial charge in [0.25, 0.3) is 0 Å². The van der Waals surface area contributed by atoms with Gasteiger partial charge in [-0.3, -0.25) is 0 Å². The Balaban J connectivity index is 1.56. The molecule has 5 nitrogen and oxygen atoms in total. The first-order valence-electron chi connectivity index (χ1n) is 11.9. The Bertz CT molecular complexity index is 1080. The standard InChI is InChI=1S/C28H36N4O/c1-20(2)33-25-12-11-21(19-23(25)27(3,4)5)24-13-16-30-26(31-24)32-17-14-28(29,15-18-32)22-9-7-6-8-10-22/h6-13,16,19-20H,14-15,17-18,29H2,1-5H3. The van der Waals surface area contributed by atoms with Crippen molar-refractivity contribution in [1.29, 1.82) is 0 Å². The minimum Gasteiger partial charge on any atom is -0.491 e. The minimum atomic E-state index is -0.288. The van der Waals surface area contributed by atoms with E-state index < -0.39 is 0 Å². The number of anilines is 1. The molecular formula is C28H36N4O. The Hall–Kier alpha value is -2.92. The molecule has 0 atom stereocenters. The van der Waals surface area contributed by atoms with Gasteiger partial charge >= 0.3 is 0 Å². The van der Waals surface area contributed by atoms with Gasteiger partial charge < -0.3 is 15.4 Å². The molecule has 174 valence electrons. The number of aromatic nitrogens is 2. The molecule has 1 aromatic heterocycles. The topological polar surface area (TPSA) is 64.3 Å². The van der Waals surface area contributed by atoms with E-state index in [1.165, 1.54) is 11.1 Å². The summed E-state index contributed by atoms with van der Waals surface area (Å²) < 4.78 is 6.08. The van der Waals surface area contributed by atoms with Crippen molar-refractivity contribution < 1.29 is 4.74 Å². The summed E-state index contributed by atoms with van der Waals surface area (Å²) in [7, 11) is 0. The number of nitrogens with zero attached hydrogens (tertiary/aromatic N) is 3. The third-order valence-corrected chi connectivity index (χ3v) is 6.38. The van der Waals surface area contributed by atoms with E-state index in [0.717, 1.165) is 48.9 Å². The second-order valence-corrected chi connectivity index (χ2v) is 10.4. The molecule has 2 aromatic carbocycles. The normalized spacial score (nSPS) is 16.2. The summed E-state index contributed by atoms with van der Waals surface area (Å²) in [5, 5.41) is 0. The fraction of sp³-hybridized carbons (Fsp3) is 0.429. The van der Waals surface area contributed by atoms with Crippen molar-refractivity contribution in [1.82, 2.24) is 9.97 Å². The quantitative estimate of drug-likeness (QED) is 0.548. The summed E-state index contributed by atoms with van der Waals surface area (Å²) in [6.07, 6.45) is 3.74. The van der Waals surface area contributed by atoms with Crippen molar-refractivity contribution >= 4 is 5.95 Å². The van der Waals surface area contributed by atoms with Crippen LogP contribution in [0, 0.1) is 0 Å². The maximum absolute atomic E-state index is 6.77. The zero-order valence-corrected chi connectivity index (χ0v) is 20.5. The second kappa shape index (κ2) is 9.14. The van der Waals surface area contributed by atoms with Crippen LogP contribution in [-0.2, 0) is 11.0 Å². The molecule has 1 aliphatic rings. The van der Waals surface area contributed by atoms with Crippen LogP contribution in [0.4, 0.5) is 5.95 Å². The SMILES string of the molecule is CC(C)Oc1ccc(-c2ccnc(N3CCC(N)(c4ccccc4)CC3)n2)cc1C(C)(C)C. The van der Waals surface area contributed by atoms with Gasteiger partial charge in [-0.05, 0) is 61.9 Å². The third-order valence-electron chi connectivity index (χ3n) is 6.38. The van der Waals surface area contributed by atoms with Crippen molar-refractivity contribution in [2.45, 2.75) is 64.5 Å². The molecule has 1 saturated heterocycles. The Kier molecular flexibility index (Phi) is 6.44. The van der Waals surface area contributed by atoms with Gasteiger partial charge in [0.05, 0.1) is 11.8 Å². The van der Waals surface area contributed by atoms with Crippen LogP contribution < -0.4 is 15.4 Å². The number of piperidine rings is 1. The average Bonchev–Trinajstić information content (AvgIpc) is 2.79. The molecule has 0 saturated carbocycles. The van der Waals surface area contributed by atoms with Crippen LogP contribution >= 0.6 is 0 Å². The number of benzene rings is 2. The molecule has 0 aliphatic carbocycles. The van der Waals surface area contributed by atoms with Crippen LogP contribution in [0.5, 0.6) is 5.75 Å². The zero-order valence-electron chi connectivity index (χ0n) is 20.5. The third kappa shape index (κ3) is 5.19. The van der Waals surface area contributed by atoms with Crippen molar-refractivity contribution in [3.05, 3.63) is 71.9 Å². The van der Waals surface area contributed by atoms with E-state index in [9.17, 15) is 0 Å². The highest BCUT2D eigenvalue weighted by Gasteiger charge is 2.33. The monoisotopic (exact) mass is 444 g/mol. The molecule has 3 aromatic rings. The van der Waals surface area contributed by atoms with Crippen LogP contribution in [-0.4, -0.2) is 29.2 Å². The summed E-state index contributed by atoms with van der Waals surface area (Å²) in [5.74, 6) is 1.70. The van der Waals surface area contributed by atoms with E-state index in [2.05, 4.69) is 87.0 Å². The lowest BCUT2D eigenvalue weighted by Gasteiger charge is -2.39. The average molecular weight is 445 g/mol. The molecule has 1 aliphatic heterocycles. The van der Waals surface area contributed by atoms with Crippen molar-refractivity contribution in [2.24, 2.45) is 5.73 Å². The Labute approximate surface area is 198 Å². The molecule has 33 heavy (non-hydrogen) atoms. The van der Waals surface area contributed by atoms with Crippen molar-refractivity contribution in [3.8, 4) is 17.0 Å². The summed E-state index contributed by atoms with van der Waals surface area (Å²) in [6, 6.07) is 18.8. The number of hydrogen-bond donors (Lipinski definition) is 1. The van der Waals surface area contributed by atoms with Crippen molar-refractivity contribution in [3.63, 3.8) is 0 Å². The summed E-state index contributed by atoms with van der Waals surface area (Å²) in [6.45, 7) is 12.4. The van der Waals surface area contributed by atoms with E-state index in [4.69, 9.17) is 15.5 Å². The maximum Gasteiger partial charge on any atom is 0.225 e. The Morgan fingerprint density at radius 2 is 1.70 bits per heavy atom. The highest BCUT2D eigenvalue weighted by molar-refractivity contribution is 5.64. The molecule has 2 heterocycles. The van der Waals surface area contributed by atoms with Gasteiger partial charge in [0.15, 0.2) is 0 Å². The fourth-order valence-corrected chi connectivity index (χ4v) is 4.46. The summed E-state index contributed by atoms with van der Waals surface area (Å²) in [4.78, 5) is 11.8. The van der Waals surface area contributed by atoms with Crippen LogP contribution in [0.1, 0.15) is 58.6 Å². The highest BCUT2D eigenvalue weighted by atomic mass is 16.5. The summed E-state index contributed by atoms with van der Waals surface area (Å²) in [5.41, 5.74) is 10.8. The number of nitrogens with two attached hydrogens (primary N) is 1. The van der Waals surface area contributed by atoms with E-state index in [1.54, 1.807) is 0 Å². The number of hydrogen-bond acceptors (Lipinski definition) is 5. The van der Waals surface area contributed by atoms with Crippen LogP contribution in [0.15, 0.2) is 60.8 Å². The van der Waals surface area contributed by atoms with Gasteiger partial charge in [0.2, 0.25) is 5.95 Å². The zero-order chi connectivity index (χ0) is 23.6. The predicted octanol–water partition coefficient (Wildman–Crippen LogP) is 5.68. The molecule has 5 heteroatoms. The predicted molar refractivity (Wildman–Crippen MR) is 136 cm³/mol. The van der Waals surface area contributed by atoms with Crippen LogP contribution in [0.3, 0.4) is 0 Å². The largest absolute Gasteiger partial charge is 0.491 e. The first-order chi connectivity index (χ1) is 15.7. The summed E-state index contributed by atoms with van der Waals surface area (Å²) >= 11 is 0. The lowest BCUT2D eigenvalue weighted by atomic mass is 9.82. The smallest absolute Gasteiger partial charge is 0.225 e. The van der Waals surface area contributed by atoms with Crippen LogP contribution in [0.2, 0.25) is 0 Å². The number of ether oxygens (including phenoxy) is 1. The first kappa shape index (κ1) is 23.2. The first-order valence-corrected chi connectivity index (χ1v) is 11.9. The van der Waals surface area contributed by atoms with Gasteiger partial charge in [-0.1, -0.05) is 51.1 Å². The van der Waals surface area contributed by atoms with E-state index in [1.807, 2.05) is 18.3 Å². The molecular weight excluding hydrogens is 408 g/mol. The van der Waals surface area contributed by atoms with Gasteiger partial charge in [-0.15, -0.1) is 0 Å². The lowest BCUT2D eigenvalue weighted by molar-refractivity contribution is 0.236.